The number of rotatable bonds is 5. The molecule has 1 aliphatic heterocycles. The summed E-state index contributed by atoms with van der Waals surface area (Å²) in [6.45, 7) is 8.22. The van der Waals surface area contributed by atoms with Gasteiger partial charge in [-0.05, 0) is 26.0 Å². The maximum Gasteiger partial charge on any atom is 0.236 e. The number of carbonyl (C=O) groups excluding carboxylic acids is 1. The third-order valence-corrected chi connectivity index (χ3v) is 3.99. The molecule has 1 aromatic rings. The van der Waals surface area contributed by atoms with Crippen LogP contribution in [0.1, 0.15) is 13.8 Å². The van der Waals surface area contributed by atoms with Crippen LogP contribution in [-0.4, -0.2) is 56.7 Å². The molecule has 1 aliphatic rings. The fourth-order valence-corrected chi connectivity index (χ4v) is 2.72. The molecule has 1 aromatic carbocycles. The zero-order chi connectivity index (χ0) is 15.2. The van der Waals surface area contributed by atoms with Crippen molar-refractivity contribution >= 4 is 11.6 Å². The minimum atomic E-state index is -0.0701. The highest BCUT2D eigenvalue weighted by Crippen LogP contribution is 2.28. The number of nitrogens with zero attached hydrogens (tertiary/aromatic N) is 2. The van der Waals surface area contributed by atoms with Gasteiger partial charge in [-0.3, -0.25) is 9.69 Å². The molecular formula is C16H25N3O2. The molecule has 0 saturated carbocycles. The molecular weight excluding hydrogens is 266 g/mol. The van der Waals surface area contributed by atoms with Gasteiger partial charge >= 0.3 is 0 Å². The maximum absolute atomic E-state index is 11.7. The molecule has 1 saturated heterocycles. The molecule has 0 aromatic heterocycles. The Kier molecular flexibility index (Phi) is 5.44. The Morgan fingerprint density at radius 2 is 1.95 bits per heavy atom. The van der Waals surface area contributed by atoms with E-state index >= 15 is 0 Å². The molecule has 5 nitrogen and oxygen atoms in total. The standard InChI is InChI=1S/C16H25N3O2/c1-4-21-15-8-6-5-7-14(15)19-11-9-18(10-12-19)13(2)16(20)17-3/h5-8,13H,4,9-12H2,1-3H3,(H,17,20)/t13-/m1/s1. The fraction of sp³-hybridized carbons (Fsp3) is 0.562. The van der Waals surface area contributed by atoms with Crippen LogP contribution in [0.3, 0.4) is 0 Å². The van der Waals surface area contributed by atoms with Gasteiger partial charge in [0.1, 0.15) is 5.75 Å². The number of hydrogen-bond acceptors (Lipinski definition) is 4. The molecule has 0 unspecified atom stereocenters. The first kappa shape index (κ1) is 15.6. The van der Waals surface area contributed by atoms with E-state index in [1.807, 2.05) is 32.0 Å². The second-order valence-corrected chi connectivity index (χ2v) is 5.21. The summed E-state index contributed by atoms with van der Waals surface area (Å²) >= 11 is 0. The van der Waals surface area contributed by atoms with E-state index in [4.69, 9.17) is 4.74 Å². The quantitative estimate of drug-likeness (QED) is 0.889. The van der Waals surface area contributed by atoms with Gasteiger partial charge in [-0.15, -0.1) is 0 Å². The molecule has 1 heterocycles. The van der Waals surface area contributed by atoms with Crippen molar-refractivity contribution in [2.24, 2.45) is 0 Å². The van der Waals surface area contributed by atoms with Gasteiger partial charge in [-0.1, -0.05) is 12.1 Å². The lowest BCUT2D eigenvalue weighted by atomic mass is 10.2. The van der Waals surface area contributed by atoms with E-state index < -0.39 is 0 Å². The van der Waals surface area contributed by atoms with Crippen molar-refractivity contribution in [1.82, 2.24) is 10.2 Å². The zero-order valence-electron chi connectivity index (χ0n) is 13.1. The van der Waals surface area contributed by atoms with Gasteiger partial charge in [0.15, 0.2) is 0 Å². The van der Waals surface area contributed by atoms with E-state index in [1.165, 1.54) is 0 Å². The highest BCUT2D eigenvalue weighted by Gasteiger charge is 2.25. The minimum absolute atomic E-state index is 0.0701. The first-order valence-corrected chi connectivity index (χ1v) is 7.59. The van der Waals surface area contributed by atoms with E-state index in [0.29, 0.717) is 6.61 Å². The van der Waals surface area contributed by atoms with Gasteiger partial charge in [0, 0.05) is 33.2 Å². The van der Waals surface area contributed by atoms with Crippen LogP contribution in [0.25, 0.3) is 0 Å². The summed E-state index contributed by atoms with van der Waals surface area (Å²) < 4.78 is 5.70. The van der Waals surface area contributed by atoms with Gasteiger partial charge in [0.05, 0.1) is 18.3 Å². The first-order chi connectivity index (χ1) is 10.2. The Labute approximate surface area is 126 Å². The van der Waals surface area contributed by atoms with Gasteiger partial charge < -0.3 is 15.0 Å². The molecule has 116 valence electrons. The molecule has 21 heavy (non-hydrogen) atoms. The van der Waals surface area contributed by atoms with Crippen LogP contribution >= 0.6 is 0 Å². The first-order valence-electron chi connectivity index (χ1n) is 7.59. The average molecular weight is 291 g/mol. The van der Waals surface area contributed by atoms with Crippen molar-refractivity contribution in [3.05, 3.63) is 24.3 Å². The molecule has 0 aliphatic carbocycles. The number of likely N-dealkylation sites (N-methyl/N-ethyl adjacent to an activating group) is 1. The van der Waals surface area contributed by atoms with Crippen molar-refractivity contribution in [3.8, 4) is 5.75 Å². The molecule has 1 amide bonds. The predicted octanol–water partition coefficient (Wildman–Crippen LogP) is 1.34. The number of hydrogen-bond donors (Lipinski definition) is 1. The fourth-order valence-electron chi connectivity index (χ4n) is 2.72. The molecule has 0 spiro atoms. The Bertz CT molecular complexity index is 470. The Balaban J connectivity index is 1.99. The van der Waals surface area contributed by atoms with Crippen molar-refractivity contribution in [2.45, 2.75) is 19.9 Å². The molecule has 0 bridgehead atoms. The van der Waals surface area contributed by atoms with E-state index in [9.17, 15) is 4.79 Å². The SMILES string of the molecule is CCOc1ccccc1N1CCN([C@H](C)C(=O)NC)CC1. The number of nitrogens with one attached hydrogen (secondary N) is 1. The monoisotopic (exact) mass is 291 g/mol. The highest BCUT2D eigenvalue weighted by atomic mass is 16.5. The van der Waals surface area contributed by atoms with Crippen molar-refractivity contribution in [2.75, 3.05) is 44.7 Å². The molecule has 5 heteroatoms. The molecule has 0 radical (unpaired) electrons. The lowest BCUT2D eigenvalue weighted by Gasteiger charge is -2.38. The van der Waals surface area contributed by atoms with E-state index in [1.54, 1.807) is 7.05 Å². The van der Waals surface area contributed by atoms with Crippen LogP contribution in [0.5, 0.6) is 5.75 Å². The van der Waals surface area contributed by atoms with Crippen molar-refractivity contribution < 1.29 is 9.53 Å². The lowest BCUT2D eigenvalue weighted by molar-refractivity contribution is -0.125. The Morgan fingerprint density at radius 1 is 1.29 bits per heavy atom. The minimum Gasteiger partial charge on any atom is -0.492 e. The second-order valence-electron chi connectivity index (χ2n) is 5.21. The molecule has 1 atom stereocenters. The smallest absolute Gasteiger partial charge is 0.236 e. The van der Waals surface area contributed by atoms with E-state index in [-0.39, 0.29) is 11.9 Å². The summed E-state index contributed by atoms with van der Waals surface area (Å²) in [5.41, 5.74) is 1.14. The van der Waals surface area contributed by atoms with Crippen LogP contribution in [-0.2, 0) is 4.79 Å². The normalized spacial score (nSPS) is 17.4. The predicted molar refractivity (Wildman–Crippen MR) is 84.9 cm³/mol. The van der Waals surface area contributed by atoms with Gasteiger partial charge in [-0.2, -0.15) is 0 Å². The van der Waals surface area contributed by atoms with E-state index in [2.05, 4.69) is 21.2 Å². The van der Waals surface area contributed by atoms with E-state index in [0.717, 1.165) is 37.6 Å². The van der Waals surface area contributed by atoms with Crippen LogP contribution < -0.4 is 15.0 Å². The van der Waals surface area contributed by atoms with Gasteiger partial charge in [0.2, 0.25) is 5.91 Å². The maximum atomic E-state index is 11.7. The summed E-state index contributed by atoms with van der Waals surface area (Å²) in [6.07, 6.45) is 0. The van der Waals surface area contributed by atoms with Crippen molar-refractivity contribution in [1.29, 1.82) is 0 Å². The summed E-state index contributed by atoms with van der Waals surface area (Å²) in [5.74, 6) is 1.02. The average Bonchev–Trinajstić information content (AvgIpc) is 2.54. The number of piperazine rings is 1. The number of para-hydroxylation sites is 2. The second kappa shape index (κ2) is 7.31. The lowest BCUT2D eigenvalue weighted by Crippen LogP contribution is -2.53. The third-order valence-electron chi connectivity index (χ3n) is 3.99. The number of ether oxygens (including phenoxy) is 1. The van der Waals surface area contributed by atoms with Crippen LogP contribution in [0, 0.1) is 0 Å². The molecule has 1 N–H and O–H groups in total. The number of anilines is 1. The number of benzene rings is 1. The molecule has 1 fully saturated rings. The van der Waals surface area contributed by atoms with Crippen LogP contribution in [0.4, 0.5) is 5.69 Å². The zero-order valence-corrected chi connectivity index (χ0v) is 13.1. The van der Waals surface area contributed by atoms with Gasteiger partial charge in [-0.25, -0.2) is 0 Å². The largest absolute Gasteiger partial charge is 0.492 e. The Hall–Kier alpha value is -1.75. The summed E-state index contributed by atoms with van der Waals surface area (Å²) in [7, 11) is 1.69. The van der Waals surface area contributed by atoms with Crippen LogP contribution in [0.15, 0.2) is 24.3 Å². The number of carbonyl (C=O) groups is 1. The van der Waals surface area contributed by atoms with Crippen LogP contribution in [0.2, 0.25) is 0 Å². The summed E-state index contributed by atoms with van der Waals surface area (Å²) in [4.78, 5) is 16.3. The third kappa shape index (κ3) is 3.67. The van der Waals surface area contributed by atoms with Gasteiger partial charge in [0.25, 0.3) is 0 Å². The topological polar surface area (TPSA) is 44.8 Å². The van der Waals surface area contributed by atoms with Crippen molar-refractivity contribution in [3.63, 3.8) is 0 Å². The number of amides is 1. The highest BCUT2D eigenvalue weighted by molar-refractivity contribution is 5.81. The Morgan fingerprint density at radius 3 is 2.57 bits per heavy atom. The summed E-state index contributed by atoms with van der Waals surface area (Å²) in [6, 6.07) is 8.08. The molecule has 2 rings (SSSR count). The summed E-state index contributed by atoms with van der Waals surface area (Å²) in [5, 5.41) is 2.72.